The van der Waals surface area contributed by atoms with Crippen molar-refractivity contribution in [3.05, 3.63) is 12.5 Å². The van der Waals surface area contributed by atoms with Crippen molar-refractivity contribution in [2.24, 2.45) is 5.73 Å². The van der Waals surface area contributed by atoms with E-state index in [4.69, 9.17) is 10.5 Å². The number of nitrogens with one attached hydrogen (secondary N) is 1. The van der Waals surface area contributed by atoms with Gasteiger partial charge in [-0.1, -0.05) is 0 Å². The first kappa shape index (κ1) is 13.1. The van der Waals surface area contributed by atoms with E-state index in [1.54, 1.807) is 0 Å². The van der Waals surface area contributed by atoms with Gasteiger partial charge in [0.1, 0.15) is 0 Å². The van der Waals surface area contributed by atoms with Crippen LogP contribution in [-0.4, -0.2) is 56.0 Å². The molecule has 92 valence electrons. The number of ether oxygens (including phenoxy) is 1. The molecular formula is C8H16N4O3S. The van der Waals surface area contributed by atoms with Crippen molar-refractivity contribution in [1.82, 2.24) is 14.3 Å². The average molecular weight is 248 g/mol. The van der Waals surface area contributed by atoms with E-state index in [1.165, 1.54) is 31.0 Å². The van der Waals surface area contributed by atoms with E-state index < -0.39 is 10.0 Å². The van der Waals surface area contributed by atoms with Gasteiger partial charge >= 0.3 is 0 Å². The maximum absolute atomic E-state index is 11.9. The van der Waals surface area contributed by atoms with Gasteiger partial charge in [0.05, 0.1) is 19.1 Å². The van der Waals surface area contributed by atoms with Crippen LogP contribution in [0.1, 0.15) is 0 Å². The normalized spacial score (nSPS) is 14.2. The van der Waals surface area contributed by atoms with Crippen LogP contribution in [-0.2, 0) is 14.8 Å². The van der Waals surface area contributed by atoms with Crippen LogP contribution in [0.25, 0.3) is 0 Å². The van der Waals surface area contributed by atoms with Gasteiger partial charge in [-0.2, -0.15) is 4.31 Å². The highest BCUT2D eigenvalue weighted by molar-refractivity contribution is 7.89. The zero-order valence-corrected chi connectivity index (χ0v) is 10.1. The van der Waals surface area contributed by atoms with Gasteiger partial charge in [-0.05, 0) is 0 Å². The van der Waals surface area contributed by atoms with Crippen LogP contribution < -0.4 is 5.73 Å². The van der Waals surface area contributed by atoms with Gasteiger partial charge in [-0.3, -0.25) is 0 Å². The minimum Gasteiger partial charge on any atom is -0.383 e. The molecule has 1 unspecified atom stereocenters. The number of hydrogen-bond acceptors (Lipinski definition) is 5. The van der Waals surface area contributed by atoms with Gasteiger partial charge in [-0.25, -0.2) is 13.4 Å². The molecule has 0 radical (unpaired) electrons. The van der Waals surface area contributed by atoms with E-state index in [-0.39, 0.29) is 17.6 Å². The molecule has 1 atom stereocenters. The summed E-state index contributed by atoms with van der Waals surface area (Å²) in [5.41, 5.74) is 5.68. The van der Waals surface area contributed by atoms with Crippen molar-refractivity contribution in [2.75, 3.05) is 27.3 Å². The highest BCUT2D eigenvalue weighted by Crippen LogP contribution is 2.09. The maximum atomic E-state index is 11.9. The van der Waals surface area contributed by atoms with Crippen molar-refractivity contribution in [2.45, 2.75) is 11.1 Å². The fourth-order valence-electron chi connectivity index (χ4n) is 1.25. The molecule has 0 saturated carbocycles. The fraction of sp³-hybridized carbons (Fsp3) is 0.625. The average Bonchev–Trinajstić information content (AvgIpc) is 2.70. The predicted octanol–water partition coefficient (Wildman–Crippen LogP) is -0.996. The lowest BCUT2D eigenvalue weighted by molar-refractivity contribution is 0.173. The predicted molar refractivity (Wildman–Crippen MR) is 58.3 cm³/mol. The molecule has 0 bridgehead atoms. The number of aromatic amines is 1. The minimum atomic E-state index is -3.53. The maximum Gasteiger partial charge on any atom is 0.259 e. The Hall–Kier alpha value is -0.960. The summed E-state index contributed by atoms with van der Waals surface area (Å²) in [6.45, 7) is 0.498. The molecule has 0 fully saturated rings. The summed E-state index contributed by atoms with van der Waals surface area (Å²) in [5, 5.41) is 0.0552. The summed E-state index contributed by atoms with van der Waals surface area (Å²) >= 11 is 0. The van der Waals surface area contributed by atoms with E-state index in [2.05, 4.69) is 9.97 Å². The smallest absolute Gasteiger partial charge is 0.259 e. The molecule has 0 amide bonds. The number of H-pyrrole nitrogens is 1. The second-order valence-corrected chi connectivity index (χ2v) is 5.43. The van der Waals surface area contributed by atoms with Crippen LogP contribution in [0.15, 0.2) is 17.6 Å². The molecule has 0 aliphatic rings. The lowest BCUT2D eigenvalue weighted by atomic mass is 10.3. The van der Waals surface area contributed by atoms with Crippen molar-refractivity contribution in [3.8, 4) is 0 Å². The van der Waals surface area contributed by atoms with Crippen molar-refractivity contribution in [3.63, 3.8) is 0 Å². The fourth-order valence-corrected chi connectivity index (χ4v) is 2.37. The molecular weight excluding hydrogens is 232 g/mol. The quantitative estimate of drug-likeness (QED) is 0.672. The highest BCUT2D eigenvalue weighted by atomic mass is 32.2. The van der Waals surface area contributed by atoms with Gasteiger partial charge in [0.2, 0.25) is 0 Å². The number of hydrogen-bond donors (Lipinski definition) is 2. The third kappa shape index (κ3) is 3.01. The van der Waals surface area contributed by atoms with Gasteiger partial charge in [0.15, 0.2) is 5.03 Å². The lowest BCUT2D eigenvalue weighted by Gasteiger charge is -2.19. The number of nitrogens with zero attached hydrogens (tertiary/aromatic N) is 2. The van der Waals surface area contributed by atoms with Crippen molar-refractivity contribution >= 4 is 10.0 Å². The molecule has 7 nitrogen and oxygen atoms in total. The molecule has 8 heteroatoms. The van der Waals surface area contributed by atoms with E-state index in [0.717, 1.165) is 0 Å². The SMILES string of the molecule is COCC(N)CN(C)S(=O)(=O)c1cnc[nH]1. The summed E-state index contributed by atoms with van der Waals surface area (Å²) in [6, 6.07) is -0.354. The largest absolute Gasteiger partial charge is 0.383 e. The van der Waals surface area contributed by atoms with Gasteiger partial charge < -0.3 is 15.5 Å². The van der Waals surface area contributed by atoms with Gasteiger partial charge in [-0.15, -0.1) is 0 Å². The van der Waals surface area contributed by atoms with Crippen LogP contribution >= 0.6 is 0 Å². The van der Waals surface area contributed by atoms with Crippen molar-refractivity contribution < 1.29 is 13.2 Å². The first-order chi connectivity index (χ1) is 7.48. The third-order valence-corrected chi connectivity index (χ3v) is 3.78. The van der Waals surface area contributed by atoms with E-state index in [9.17, 15) is 8.42 Å². The van der Waals surface area contributed by atoms with Crippen LogP contribution in [0.4, 0.5) is 0 Å². The van der Waals surface area contributed by atoms with Crippen LogP contribution in [0.3, 0.4) is 0 Å². The monoisotopic (exact) mass is 248 g/mol. The number of nitrogens with two attached hydrogens (primary N) is 1. The summed E-state index contributed by atoms with van der Waals surface area (Å²) in [4.78, 5) is 6.22. The van der Waals surface area contributed by atoms with Crippen LogP contribution in [0.5, 0.6) is 0 Å². The standard InChI is InChI=1S/C8H16N4O3S/c1-12(4-7(9)5-15-2)16(13,14)8-3-10-6-11-8/h3,6-7H,4-5,9H2,1-2H3,(H,10,11). The number of sulfonamides is 1. The third-order valence-electron chi connectivity index (χ3n) is 2.03. The Kier molecular flexibility index (Phi) is 4.42. The Morgan fingerprint density at radius 2 is 2.38 bits per heavy atom. The zero-order chi connectivity index (χ0) is 12.2. The molecule has 16 heavy (non-hydrogen) atoms. The number of aromatic nitrogens is 2. The molecule has 0 aliphatic carbocycles. The Labute approximate surface area is 94.7 Å². The number of rotatable bonds is 6. The summed E-state index contributed by atoms with van der Waals surface area (Å²) in [5.74, 6) is 0. The van der Waals surface area contributed by atoms with E-state index in [1.807, 2.05) is 0 Å². The zero-order valence-electron chi connectivity index (χ0n) is 9.25. The second kappa shape index (κ2) is 5.39. The topological polar surface area (TPSA) is 101 Å². The second-order valence-electron chi connectivity index (χ2n) is 3.42. The Morgan fingerprint density at radius 1 is 1.69 bits per heavy atom. The summed E-state index contributed by atoms with van der Waals surface area (Å²) in [7, 11) is -0.548. The molecule has 1 heterocycles. The van der Waals surface area contributed by atoms with Gasteiger partial charge in [0, 0.05) is 26.7 Å². The molecule has 0 aliphatic heterocycles. The van der Waals surface area contributed by atoms with Crippen LogP contribution in [0, 0.1) is 0 Å². The lowest BCUT2D eigenvalue weighted by Crippen LogP contribution is -2.41. The van der Waals surface area contributed by atoms with E-state index in [0.29, 0.717) is 6.61 Å². The number of likely N-dealkylation sites (N-methyl/N-ethyl adjacent to an activating group) is 1. The minimum absolute atomic E-state index is 0.0552. The Balaban J connectivity index is 2.70. The van der Waals surface area contributed by atoms with Crippen molar-refractivity contribution in [1.29, 1.82) is 0 Å². The molecule has 1 aromatic heterocycles. The van der Waals surface area contributed by atoms with E-state index >= 15 is 0 Å². The highest BCUT2D eigenvalue weighted by Gasteiger charge is 2.23. The molecule has 0 saturated heterocycles. The Morgan fingerprint density at radius 3 is 2.88 bits per heavy atom. The van der Waals surface area contributed by atoms with Gasteiger partial charge in [0.25, 0.3) is 10.0 Å². The van der Waals surface area contributed by atoms with Crippen LogP contribution in [0.2, 0.25) is 0 Å². The first-order valence-corrected chi connectivity index (χ1v) is 6.11. The number of imidazole rings is 1. The summed E-state index contributed by atoms with van der Waals surface area (Å²) in [6.07, 6.45) is 2.57. The first-order valence-electron chi connectivity index (χ1n) is 4.67. The number of methoxy groups -OCH3 is 1. The summed E-state index contributed by atoms with van der Waals surface area (Å²) < 4.78 is 29.8. The molecule has 3 N–H and O–H groups in total. The molecule has 1 rings (SSSR count). The molecule has 1 aromatic rings. The Bertz CT molecular complexity index is 403. The molecule has 0 spiro atoms. The molecule has 0 aromatic carbocycles.